The first-order chi connectivity index (χ1) is 9.15. The van der Waals surface area contributed by atoms with Crippen LogP contribution in [0, 0.1) is 11.6 Å². The van der Waals surface area contributed by atoms with Crippen molar-refractivity contribution < 1.29 is 8.78 Å². The van der Waals surface area contributed by atoms with E-state index in [1.807, 2.05) is 11.9 Å². The average molecular weight is 396 g/mol. The third-order valence-corrected chi connectivity index (χ3v) is 3.26. The predicted octanol–water partition coefficient (Wildman–Crippen LogP) is 1.91. The molecular weight excluding hydrogens is 377 g/mol. The van der Waals surface area contributed by atoms with Gasteiger partial charge in [-0.05, 0) is 12.1 Å². The number of nitrogens with zero attached hydrogens (tertiary/aromatic N) is 3. The van der Waals surface area contributed by atoms with Gasteiger partial charge in [-0.1, -0.05) is 0 Å². The number of nitrogens with one attached hydrogen (secondary N) is 1. The fourth-order valence-corrected chi connectivity index (χ4v) is 2.30. The van der Waals surface area contributed by atoms with Crippen molar-refractivity contribution in [2.24, 2.45) is 4.99 Å². The minimum absolute atomic E-state index is 0. The summed E-state index contributed by atoms with van der Waals surface area (Å²) in [4.78, 5) is 8.09. The number of rotatable bonds is 1. The van der Waals surface area contributed by atoms with Crippen molar-refractivity contribution in [1.29, 1.82) is 0 Å². The molecule has 2 rings (SSSR count). The van der Waals surface area contributed by atoms with Crippen LogP contribution >= 0.6 is 24.0 Å². The SMILES string of the molecule is CN=C(NC)N1CCN(c2cc(F)ccc2F)CC1.I. The van der Waals surface area contributed by atoms with Gasteiger partial charge in [0.15, 0.2) is 5.96 Å². The zero-order chi connectivity index (χ0) is 13.8. The Balaban J connectivity index is 0.00000200. The number of hydrogen-bond acceptors (Lipinski definition) is 2. The lowest BCUT2D eigenvalue weighted by Crippen LogP contribution is -2.52. The van der Waals surface area contributed by atoms with Crippen molar-refractivity contribution in [3.05, 3.63) is 29.8 Å². The van der Waals surface area contributed by atoms with E-state index in [0.29, 0.717) is 18.8 Å². The molecule has 0 aromatic heterocycles. The van der Waals surface area contributed by atoms with Crippen LogP contribution in [0.15, 0.2) is 23.2 Å². The van der Waals surface area contributed by atoms with Crippen molar-refractivity contribution in [3.8, 4) is 0 Å². The van der Waals surface area contributed by atoms with Gasteiger partial charge in [0.05, 0.1) is 5.69 Å². The monoisotopic (exact) mass is 396 g/mol. The van der Waals surface area contributed by atoms with Gasteiger partial charge in [-0.15, -0.1) is 24.0 Å². The molecule has 0 spiro atoms. The summed E-state index contributed by atoms with van der Waals surface area (Å²) in [6.07, 6.45) is 0. The molecule has 0 aliphatic carbocycles. The van der Waals surface area contributed by atoms with Crippen LogP contribution < -0.4 is 10.2 Å². The number of hydrogen-bond donors (Lipinski definition) is 1. The van der Waals surface area contributed by atoms with Crippen molar-refractivity contribution in [2.75, 3.05) is 45.2 Å². The quantitative estimate of drug-likeness (QED) is 0.447. The van der Waals surface area contributed by atoms with Gasteiger partial charge in [0.1, 0.15) is 11.6 Å². The summed E-state index contributed by atoms with van der Waals surface area (Å²) < 4.78 is 26.9. The van der Waals surface area contributed by atoms with Crippen LogP contribution in [0.2, 0.25) is 0 Å². The Hall–Kier alpha value is -1.12. The minimum Gasteiger partial charge on any atom is -0.366 e. The maximum Gasteiger partial charge on any atom is 0.193 e. The van der Waals surface area contributed by atoms with E-state index in [9.17, 15) is 8.78 Å². The number of benzene rings is 1. The van der Waals surface area contributed by atoms with E-state index in [4.69, 9.17) is 0 Å². The van der Waals surface area contributed by atoms with Gasteiger partial charge >= 0.3 is 0 Å². The highest BCUT2D eigenvalue weighted by Crippen LogP contribution is 2.21. The summed E-state index contributed by atoms with van der Waals surface area (Å²) in [6.45, 7) is 2.73. The van der Waals surface area contributed by atoms with Crippen LogP contribution in [-0.2, 0) is 0 Å². The van der Waals surface area contributed by atoms with E-state index in [1.54, 1.807) is 7.05 Å². The van der Waals surface area contributed by atoms with Crippen LogP contribution in [0.5, 0.6) is 0 Å². The van der Waals surface area contributed by atoms with Gasteiger partial charge in [-0.3, -0.25) is 4.99 Å². The molecule has 1 aromatic carbocycles. The van der Waals surface area contributed by atoms with Crippen molar-refractivity contribution in [3.63, 3.8) is 0 Å². The Bertz CT molecular complexity index is 473. The summed E-state index contributed by atoms with van der Waals surface area (Å²) in [5.41, 5.74) is 0.332. The smallest absolute Gasteiger partial charge is 0.193 e. The van der Waals surface area contributed by atoms with Gasteiger partial charge in [-0.25, -0.2) is 8.78 Å². The highest BCUT2D eigenvalue weighted by molar-refractivity contribution is 14.0. The van der Waals surface area contributed by atoms with Gasteiger partial charge < -0.3 is 15.1 Å². The third kappa shape index (κ3) is 3.71. The van der Waals surface area contributed by atoms with Gasteiger partial charge in [0.2, 0.25) is 0 Å². The van der Waals surface area contributed by atoms with Gasteiger partial charge in [0.25, 0.3) is 0 Å². The minimum atomic E-state index is -0.412. The highest BCUT2D eigenvalue weighted by atomic mass is 127. The topological polar surface area (TPSA) is 30.9 Å². The molecule has 1 aliphatic heterocycles. The molecule has 20 heavy (non-hydrogen) atoms. The first-order valence-corrected chi connectivity index (χ1v) is 6.25. The Morgan fingerprint density at radius 2 is 1.85 bits per heavy atom. The molecule has 0 unspecified atom stereocenters. The fraction of sp³-hybridized carbons (Fsp3) is 0.462. The zero-order valence-corrected chi connectivity index (χ0v) is 13.9. The molecule has 0 bridgehead atoms. The summed E-state index contributed by atoms with van der Waals surface area (Å²) >= 11 is 0. The average Bonchev–Trinajstić information content (AvgIpc) is 2.44. The third-order valence-electron chi connectivity index (χ3n) is 3.26. The second-order valence-corrected chi connectivity index (χ2v) is 4.37. The highest BCUT2D eigenvalue weighted by Gasteiger charge is 2.21. The lowest BCUT2D eigenvalue weighted by atomic mass is 10.2. The van der Waals surface area contributed by atoms with E-state index in [-0.39, 0.29) is 29.8 Å². The Morgan fingerprint density at radius 1 is 1.20 bits per heavy atom. The van der Waals surface area contributed by atoms with Gasteiger partial charge in [-0.2, -0.15) is 0 Å². The van der Waals surface area contributed by atoms with Crippen molar-refractivity contribution >= 4 is 35.6 Å². The van der Waals surface area contributed by atoms with Crippen LogP contribution in [0.3, 0.4) is 0 Å². The zero-order valence-electron chi connectivity index (χ0n) is 11.6. The van der Waals surface area contributed by atoms with Gasteiger partial charge in [0, 0.05) is 46.3 Å². The number of guanidine groups is 1. The second kappa shape index (κ2) is 7.61. The largest absolute Gasteiger partial charge is 0.366 e. The molecule has 0 amide bonds. The van der Waals surface area contributed by atoms with Crippen LogP contribution in [0.25, 0.3) is 0 Å². The summed E-state index contributed by atoms with van der Waals surface area (Å²) in [7, 11) is 3.55. The molecule has 1 saturated heterocycles. The number of anilines is 1. The molecule has 7 heteroatoms. The molecule has 1 fully saturated rings. The molecule has 1 heterocycles. The standard InChI is InChI=1S/C13H18F2N4.HI/c1-16-13(17-2)19-7-5-18(6-8-19)12-9-10(14)3-4-11(12)15;/h3-4,9H,5-8H2,1-2H3,(H,16,17);1H. The van der Waals surface area contributed by atoms with Crippen LogP contribution in [0.4, 0.5) is 14.5 Å². The van der Waals surface area contributed by atoms with E-state index in [2.05, 4.69) is 15.2 Å². The summed E-state index contributed by atoms with van der Waals surface area (Å²) in [5, 5.41) is 3.02. The molecule has 0 radical (unpaired) electrons. The number of aliphatic imine (C=N–C) groups is 1. The molecule has 1 N–H and O–H groups in total. The molecule has 1 aliphatic rings. The predicted molar refractivity (Wildman–Crippen MR) is 88.0 cm³/mol. The Labute approximate surface area is 134 Å². The molecule has 4 nitrogen and oxygen atoms in total. The molecule has 0 saturated carbocycles. The molecule has 1 aromatic rings. The molecular formula is C13H19F2IN4. The lowest BCUT2D eigenvalue weighted by molar-refractivity contribution is 0.373. The van der Waals surface area contributed by atoms with E-state index in [1.165, 1.54) is 12.1 Å². The molecule has 112 valence electrons. The van der Waals surface area contributed by atoms with Crippen LogP contribution in [0.1, 0.15) is 0 Å². The lowest BCUT2D eigenvalue weighted by Gasteiger charge is -2.37. The van der Waals surface area contributed by atoms with E-state index >= 15 is 0 Å². The van der Waals surface area contributed by atoms with Crippen molar-refractivity contribution in [1.82, 2.24) is 10.2 Å². The Morgan fingerprint density at radius 3 is 2.40 bits per heavy atom. The molecule has 0 atom stereocenters. The first kappa shape index (κ1) is 16.9. The van der Waals surface area contributed by atoms with Crippen molar-refractivity contribution in [2.45, 2.75) is 0 Å². The second-order valence-electron chi connectivity index (χ2n) is 4.37. The summed E-state index contributed by atoms with van der Waals surface area (Å²) in [5.74, 6) is 0.0251. The number of piperazine rings is 1. The summed E-state index contributed by atoms with van der Waals surface area (Å²) in [6, 6.07) is 3.55. The van der Waals surface area contributed by atoms with E-state index < -0.39 is 5.82 Å². The van der Waals surface area contributed by atoms with E-state index in [0.717, 1.165) is 25.1 Å². The maximum absolute atomic E-state index is 13.7. The Kier molecular flexibility index (Phi) is 6.44. The maximum atomic E-state index is 13.7. The normalized spacial score (nSPS) is 15.9. The fourth-order valence-electron chi connectivity index (χ4n) is 2.30. The van der Waals surface area contributed by atoms with Crippen LogP contribution in [-0.4, -0.2) is 51.1 Å². The first-order valence-electron chi connectivity index (χ1n) is 6.25. The number of halogens is 3.